The van der Waals surface area contributed by atoms with Gasteiger partial charge in [-0.1, -0.05) is 29.8 Å². The lowest BCUT2D eigenvalue weighted by molar-refractivity contribution is 0.395. The molecule has 23 heavy (non-hydrogen) atoms. The number of methoxy groups -OCH3 is 2. The van der Waals surface area contributed by atoms with Crippen molar-refractivity contribution in [3.8, 4) is 11.5 Å². The number of hydrogen-bond acceptors (Lipinski definition) is 3. The third-order valence-electron chi connectivity index (χ3n) is 3.58. The van der Waals surface area contributed by atoms with Crippen LogP contribution in [0.3, 0.4) is 0 Å². The molecule has 0 fully saturated rings. The van der Waals surface area contributed by atoms with Crippen LogP contribution in [0.1, 0.15) is 24.1 Å². The summed E-state index contributed by atoms with van der Waals surface area (Å²) in [6, 6.07) is 14.0. The van der Waals surface area contributed by atoms with Crippen LogP contribution in [-0.4, -0.2) is 19.3 Å². The molecule has 0 saturated carbocycles. The molecule has 0 unspecified atom stereocenters. The molecule has 4 nitrogen and oxygen atoms in total. The average Bonchev–Trinajstić information content (AvgIpc) is 2.55. The van der Waals surface area contributed by atoms with Crippen LogP contribution in [0, 0.1) is 6.92 Å². The molecule has 0 aliphatic heterocycles. The largest absolute Gasteiger partial charge is 0.497 e. The van der Waals surface area contributed by atoms with Crippen molar-refractivity contribution in [2.75, 3.05) is 19.5 Å². The average molecular weight is 330 g/mol. The van der Waals surface area contributed by atoms with Crippen LogP contribution in [0.5, 0.6) is 11.5 Å². The van der Waals surface area contributed by atoms with Crippen LogP contribution in [-0.2, 0) is 0 Å². The number of nitrogens with one attached hydrogen (secondary N) is 2. The van der Waals surface area contributed by atoms with E-state index >= 15 is 0 Å². The summed E-state index contributed by atoms with van der Waals surface area (Å²) in [4.78, 5) is 0. The highest BCUT2D eigenvalue weighted by molar-refractivity contribution is 7.80. The van der Waals surface area contributed by atoms with Gasteiger partial charge in [-0.05, 0) is 43.8 Å². The Morgan fingerprint density at radius 1 is 1.04 bits per heavy atom. The van der Waals surface area contributed by atoms with Gasteiger partial charge in [0, 0.05) is 6.07 Å². The Morgan fingerprint density at radius 3 is 2.35 bits per heavy atom. The summed E-state index contributed by atoms with van der Waals surface area (Å²) >= 11 is 5.40. The molecule has 2 N–H and O–H groups in total. The van der Waals surface area contributed by atoms with E-state index in [0.29, 0.717) is 10.9 Å². The second-order valence-corrected chi connectivity index (χ2v) is 5.71. The molecule has 0 spiro atoms. The van der Waals surface area contributed by atoms with E-state index < -0.39 is 0 Å². The van der Waals surface area contributed by atoms with E-state index in [1.807, 2.05) is 18.2 Å². The van der Waals surface area contributed by atoms with Crippen LogP contribution < -0.4 is 20.1 Å². The molecule has 5 heteroatoms. The first kappa shape index (κ1) is 17.1. The standard InChI is InChI=1S/C18H22N2O2S/c1-12-5-7-14(8-6-12)13(2)19-18(23)20-16-10-9-15(21-3)11-17(16)22-4/h5-11,13H,1-4H3,(H2,19,20,23)/t13-/m1/s1. The third kappa shape index (κ3) is 4.60. The van der Waals surface area contributed by atoms with Crippen LogP contribution in [0.15, 0.2) is 42.5 Å². The third-order valence-corrected chi connectivity index (χ3v) is 3.80. The van der Waals surface area contributed by atoms with Crippen molar-refractivity contribution in [1.82, 2.24) is 5.32 Å². The molecular weight excluding hydrogens is 308 g/mol. The fraction of sp³-hybridized carbons (Fsp3) is 0.278. The minimum atomic E-state index is 0.111. The van der Waals surface area contributed by atoms with E-state index in [1.54, 1.807) is 14.2 Å². The first-order valence-electron chi connectivity index (χ1n) is 7.39. The highest BCUT2D eigenvalue weighted by atomic mass is 32.1. The second-order valence-electron chi connectivity index (χ2n) is 5.30. The van der Waals surface area contributed by atoms with Gasteiger partial charge in [0.1, 0.15) is 11.5 Å². The summed E-state index contributed by atoms with van der Waals surface area (Å²) in [5, 5.41) is 6.99. The monoisotopic (exact) mass is 330 g/mol. The molecule has 0 bridgehead atoms. The van der Waals surface area contributed by atoms with E-state index in [-0.39, 0.29) is 6.04 Å². The fourth-order valence-electron chi connectivity index (χ4n) is 2.20. The summed E-state index contributed by atoms with van der Waals surface area (Å²) in [5.41, 5.74) is 3.22. The highest BCUT2D eigenvalue weighted by Crippen LogP contribution is 2.29. The minimum Gasteiger partial charge on any atom is -0.497 e. The summed E-state index contributed by atoms with van der Waals surface area (Å²) in [5.74, 6) is 1.41. The SMILES string of the molecule is COc1ccc(NC(=S)N[C@H](C)c2ccc(C)cc2)c(OC)c1. The maximum absolute atomic E-state index is 5.40. The Bertz CT molecular complexity index is 671. The zero-order valence-electron chi connectivity index (χ0n) is 13.8. The molecular formula is C18H22N2O2S. The van der Waals surface area contributed by atoms with Gasteiger partial charge in [0.2, 0.25) is 0 Å². The molecule has 2 aromatic carbocycles. The summed E-state index contributed by atoms with van der Waals surface area (Å²) in [6.07, 6.45) is 0. The van der Waals surface area contributed by atoms with E-state index in [9.17, 15) is 0 Å². The number of hydrogen-bond donors (Lipinski definition) is 2. The lowest BCUT2D eigenvalue weighted by Crippen LogP contribution is -2.31. The second kappa shape index (κ2) is 7.83. The number of ether oxygens (including phenoxy) is 2. The maximum atomic E-state index is 5.40. The van der Waals surface area contributed by atoms with Gasteiger partial charge in [0.05, 0.1) is 25.9 Å². The maximum Gasteiger partial charge on any atom is 0.171 e. The molecule has 0 saturated heterocycles. The summed E-state index contributed by atoms with van der Waals surface area (Å²) < 4.78 is 10.6. The van der Waals surface area contributed by atoms with Crippen LogP contribution >= 0.6 is 12.2 Å². The molecule has 0 heterocycles. The summed E-state index contributed by atoms with van der Waals surface area (Å²) in [7, 11) is 3.24. The topological polar surface area (TPSA) is 42.5 Å². The zero-order valence-corrected chi connectivity index (χ0v) is 14.7. The van der Waals surface area contributed by atoms with Crippen molar-refractivity contribution in [2.45, 2.75) is 19.9 Å². The Hall–Kier alpha value is -2.27. The van der Waals surface area contributed by atoms with Gasteiger partial charge in [0.15, 0.2) is 5.11 Å². The van der Waals surface area contributed by atoms with E-state index in [1.165, 1.54) is 11.1 Å². The first-order valence-corrected chi connectivity index (χ1v) is 7.80. The van der Waals surface area contributed by atoms with Crippen molar-refractivity contribution in [1.29, 1.82) is 0 Å². The molecule has 2 aromatic rings. The Labute approximate surface area is 142 Å². The predicted molar refractivity (Wildman–Crippen MR) is 98.5 cm³/mol. The Balaban J connectivity index is 2.03. The van der Waals surface area contributed by atoms with Gasteiger partial charge >= 0.3 is 0 Å². The zero-order chi connectivity index (χ0) is 16.8. The molecule has 0 aliphatic carbocycles. The van der Waals surface area contributed by atoms with Gasteiger partial charge in [-0.3, -0.25) is 0 Å². The summed E-state index contributed by atoms with van der Waals surface area (Å²) in [6.45, 7) is 4.15. The molecule has 0 radical (unpaired) electrons. The van der Waals surface area contributed by atoms with Crippen molar-refractivity contribution in [2.24, 2.45) is 0 Å². The van der Waals surface area contributed by atoms with E-state index in [2.05, 4.69) is 48.7 Å². The number of benzene rings is 2. The lowest BCUT2D eigenvalue weighted by atomic mass is 10.1. The van der Waals surface area contributed by atoms with Crippen molar-refractivity contribution >= 4 is 23.0 Å². The van der Waals surface area contributed by atoms with E-state index in [4.69, 9.17) is 21.7 Å². The van der Waals surface area contributed by atoms with Gasteiger partial charge in [-0.25, -0.2) is 0 Å². The molecule has 0 amide bonds. The van der Waals surface area contributed by atoms with Crippen LogP contribution in [0.4, 0.5) is 5.69 Å². The lowest BCUT2D eigenvalue weighted by Gasteiger charge is -2.19. The molecule has 1 atom stereocenters. The molecule has 0 aromatic heterocycles. The Morgan fingerprint density at radius 2 is 1.74 bits per heavy atom. The normalized spacial score (nSPS) is 11.5. The van der Waals surface area contributed by atoms with Crippen molar-refractivity contribution in [3.05, 3.63) is 53.6 Å². The van der Waals surface area contributed by atoms with Crippen molar-refractivity contribution in [3.63, 3.8) is 0 Å². The van der Waals surface area contributed by atoms with Gasteiger partial charge in [-0.15, -0.1) is 0 Å². The van der Waals surface area contributed by atoms with Crippen LogP contribution in [0.2, 0.25) is 0 Å². The van der Waals surface area contributed by atoms with Crippen molar-refractivity contribution < 1.29 is 9.47 Å². The van der Waals surface area contributed by atoms with Gasteiger partial charge < -0.3 is 20.1 Å². The fourth-order valence-corrected chi connectivity index (χ4v) is 2.48. The first-order chi connectivity index (χ1) is 11.0. The highest BCUT2D eigenvalue weighted by Gasteiger charge is 2.10. The molecule has 122 valence electrons. The number of anilines is 1. The smallest absolute Gasteiger partial charge is 0.171 e. The number of aryl methyl sites for hydroxylation is 1. The van der Waals surface area contributed by atoms with Gasteiger partial charge in [-0.2, -0.15) is 0 Å². The van der Waals surface area contributed by atoms with Crippen LogP contribution in [0.25, 0.3) is 0 Å². The van der Waals surface area contributed by atoms with E-state index in [0.717, 1.165) is 11.4 Å². The molecule has 0 aliphatic rings. The minimum absolute atomic E-state index is 0.111. The van der Waals surface area contributed by atoms with Gasteiger partial charge in [0.25, 0.3) is 0 Å². The number of rotatable bonds is 5. The molecule has 2 rings (SSSR count). The Kier molecular flexibility index (Phi) is 5.82. The number of thiocarbonyl (C=S) groups is 1. The quantitative estimate of drug-likeness (QED) is 0.809. The predicted octanol–water partition coefficient (Wildman–Crippen LogP) is 4.06.